The fourth-order valence-corrected chi connectivity index (χ4v) is 1.52. The number of hydrogen-bond acceptors (Lipinski definition) is 6. The van der Waals surface area contributed by atoms with Crippen LogP contribution < -0.4 is 10.6 Å². The van der Waals surface area contributed by atoms with E-state index in [0.717, 1.165) is 0 Å². The van der Waals surface area contributed by atoms with E-state index in [1.165, 1.54) is 7.05 Å². The first-order valence-electron chi connectivity index (χ1n) is 6.46. The summed E-state index contributed by atoms with van der Waals surface area (Å²) in [5.74, 6) is -0.817. The molecule has 0 aliphatic rings. The average Bonchev–Trinajstić information content (AvgIpc) is 2.47. The van der Waals surface area contributed by atoms with Crippen molar-refractivity contribution < 1.29 is 30.0 Å². The second-order valence-corrected chi connectivity index (χ2v) is 4.67. The van der Waals surface area contributed by atoms with Crippen molar-refractivity contribution in [1.82, 2.24) is 10.6 Å². The van der Waals surface area contributed by atoms with Crippen LogP contribution in [0.5, 0.6) is 0 Å². The lowest BCUT2D eigenvalue weighted by molar-refractivity contribution is -0.125. The quantitative estimate of drug-likeness (QED) is 0.274. The minimum Gasteiger partial charge on any atom is -0.394 e. The average molecular weight is 292 g/mol. The molecule has 0 aromatic carbocycles. The van der Waals surface area contributed by atoms with Crippen LogP contribution in [0, 0.1) is 5.92 Å². The smallest absolute Gasteiger partial charge is 0.222 e. The third-order valence-corrected chi connectivity index (χ3v) is 2.98. The molecular weight excluding hydrogens is 268 g/mol. The summed E-state index contributed by atoms with van der Waals surface area (Å²) in [6.45, 7) is 0.767. The number of amides is 2. The van der Waals surface area contributed by atoms with Crippen molar-refractivity contribution in [2.75, 3.05) is 20.2 Å². The fourth-order valence-electron chi connectivity index (χ4n) is 1.52. The minimum atomic E-state index is -1.54. The summed E-state index contributed by atoms with van der Waals surface area (Å²) >= 11 is 0. The zero-order chi connectivity index (χ0) is 15.7. The van der Waals surface area contributed by atoms with Gasteiger partial charge < -0.3 is 31.1 Å². The van der Waals surface area contributed by atoms with Crippen molar-refractivity contribution in [3.8, 4) is 0 Å². The van der Waals surface area contributed by atoms with Gasteiger partial charge in [-0.2, -0.15) is 0 Å². The monoisotopic (exact) mass is 292 g/mol. The first-order valence-corrected chi connectivity index (χ1v) is 6.46. The molecular formula is C12H24N2O6. The van der Waals surface area contributed by atoms with Crippen molar-refractivity contribution >= 4 is 11.8 Å². The Bertz CT molecular complexity index is 312. The van der Waals surface area contributed by atoms with Crippen LogP contribution in [0.15, 0.2) is 0 Å². The number of aliphatic hydroxyl groups is 4. The van der Waals surface area contributed by atoms with E-state index in [9.17, 15) is 19.8 Å². The van der Waals surface area contributed by atoms with E-state index in [0.29, 0.717) is 6.42 Å². The van der Waals surface area contributed by atoms with Crippen molar-refractivity contribution in [2.24, 2.45) is 5.92 Å². The lowest BCUT2D eigenvalue weighted by atomic mass is 10.0. The molecule has 0 aliphatic carbocycles. The Morgan fingerprint density at radius 2 is 1.75 bits per heavy atom. The summed E-state index contributed by atoms with van der Waals surface area (Å²) in [4.78, 5) is 22.7. The Labute approximate surface area is 117 Å². The normalized spacial score (nSPS) is 16.9. The summed E-state index contributed by atoms with van der Waals surface area (Å²) in [6.07, 6.45) is -3.90. The van der Waals surface area contributed by atoms with Gasteiger partial charge in [-0.25, -0.2) is 0 Å². The molecule has 6 N–H and O–H groups in total. The molecule has 0 spiro atoms. The number of nitrogens with one attached hydrogen (secondary N) is 2. The van der Waals surface area contributed by atoms with E-state index < -0.39 is 24.9 Å². The summed E-state index contributed by atoms with van der Waals surface area (Å²) in [5.41, 5.74) is 0. The van der Waals surface area contributed by atoms with Gasteiger partial charge >= 0.3 is 0 Å². The van der Waals surface area contributed by atoms with E-state index in [1.807, 2.05) is 0 Å². The third kappa shape index (κ3) is 6.80. The van der Waals surface area contributed by atoms with E-state index in [-0.39, 0.29) is 30.7 Å². The van der Waals surface area contributed by atoms with Crippen LogP contribution in [0.1, 0.15) is 19.8 Å². The summed E-state index contributed by atoms with van der Waals surface area (Å²) < 4.78 is 0. The Morgan fingerprint density at radius 1 is 1.15 bits per heavy atom. The van der Waals surface area contributed by atoms with Crippen LogP contribution in [0.2, 0.25) is 0 Å². The lowest BCUT2D eigenvalue weighted by Gasteiger charge is -2.21. The van der Waals surface area contributed by atoms with E-state index in [2.05, 4.69) is 10.6 Å². The van der Waals surface area contributed by atoms with E-state index in [1.54, 1.807) is 6.92 Å². The highest BCUT2D eigenvalue weighted by Crippen LogP contribution is 2.05. The Kier molecular flexibility index (Phi) is 9.06. The molecule has 0 saturated carbocycles. The third-order valence-electron chi connectivity index (χ3n) is 2.98. The SMILES string of the molecule is CNC(=O)C(C)CCC(=O)NCC(O)C(O)C(O)CO. The molecule has 4 unspecified atom stereocenters. The number of aliphatic hydroxyl groups excluding tert-OH is 4. The topological polar surface area (TPSA) is 139 Å². The zero-order valence-corrected chi connectivity index (χ0v) is 11.7. The minimum absolute atomic E-state index is 0.111. The standard InChI is InChI=1S/C12H24N2O6/c1-7(12(20)13-2)3-4-10(18)14-5-8(16)11(19)9(17)6-15/h7-9,11,15-17,19H,3-6H2,1-2H3,(H,13,20)(H,14,18). The van der Waals surface area contributed by atoms with Gasteiger partial charge in [0.1, 0.15) is 12.2 Å². The second-order valence-electron chi connectivity index (χ2n) is 4.67. The maximum Gasteiger partial charge on any atom is 0.222 e. The number of carbonyl (C=O) groups excluding carboxylic acids is 2. The molecule has 4 atom stereocenters. The molecule has 8 heteroatoms. The second kappa shape index (κ2) is 9.65. The van der Waals surface area contributed by atoms with Gasteiger partial charge in [0.2, 0.25) is 11.8 Å². The van der Waals surface area contributed by atoms with Crippen molar-refractivity contribution in [1.29, 1.82) is 0 Å². The van der Waals surface area contributed by atoms with Crippen LogP contribution in [0.3, 0.4) is 0 Å². The fraction of sp³-hybridized carbons (Fsp3) is 0.833. The molecule has 2 amide bonds. The van der Waals surface area contributed by atoms with Crippen LogP contribution in [0.25, 0.3) is 0 Å². The van der Waals surface area contributed by atoms with Gasteiger partial charge in [-0.1, -0.05) is 6.92 Å². The van der Waals surface area contributed by atoms with E-state index in [4.69, 9.17) is 10.2 Å². The van der Waals surface area contributed by atoms with Crippen molar-refractivity contribution in [2.45, 2.75) is 38.1 Å². The molecule has 118 valence electrons. The number of carbonyl (C=O) groups is 2. The molecule has 0 saturated heterocycles. The van der Waals surface area contributed by atoms with Crippen molar-refractivity contribution in [3.63, 3.8) is 0 Å². The molecule has 0 heterocycles. The highest BCUT2D eigenvalue weighted by molar-refractivity contribution is 5.80. The van der Waals surface area contributed by atoms with Crippen LogP contribution in [0.4, 0.5) is 0 Å². The first-order chi connectivity index (χ1) is 9.33. The van der Waals surface area contributed by atoms with Crippen molar-refractivity contribution in [3.05, 3.63) is 0 Å². The van der Waals surface area contributed by atoms with Crippen LogP contribution >= 0.6 is 0 Å². The van der Waals surface area contributed by atoms with Gasteiger partial charge in [0.25, 0.3) is 0 Å². The lowest BCUT2D eigenvalue weighted by Crippen LogP contribution is -2.45. The zero-order valence-electron chi connectivity index (χ0n) is 11.7. The molecule has 0 bridgehead atoms. The van der Waals surface area contributed by atoms with Gasteiger partial charge in [-0.05, 0) is 6.42 Å². The highest BCUT2D eigenvalue weighted by Gasteiger charge is 2.24. The first kappa shape index (κ1) is 18.8. The van der Waals surface area contributed by atoms with E-state index >= 15 is 0 Å². The molecule has 0 aromatic rings. The Morgan fingerprint density at radius 3 is 2.25 bits per heavy atom. The van der Waals surface area contributed by atoms with Gasteiger partial charge in [-0.3, -0.25) is 9.59 Å². The highest BCUT2D eigenvalue weighted by atomic mass is 16.4. The molecule has 0 rings (SSSR count). The maximum absolute atomic E-state index is 11.5. The summed E-state index contributed by atoms with van der Waals surface area (Å²) in [7, 11) is 1.52. The summed E-state index contributed by atoms with van der Waals surface area (Å²) in [6, 6.07) is 0. The molecule has 0 aliphatic heterocycles. The molecule has 0 radical (unpaired) electrons. The van der Waals surface area contributed by atoms with Gasteiger partial charge in [-0.15, -0.1) is 0 Å². The molecule has 0 fully saturated rings. The predicted octanol–water partition coefficient (Wildman–Crippen LogP) is -2.66. The molecule has 0 aromatic heterocycles. The van der Waals surface area contributed by atoms with Gasteiger partial charge in [0.05, 0.1) is 12.7 Å². The number of hydrogen-bond donors (Lipinski definition) is 6. The van der Waals surface area contributed by atoms with Gasteiger partial charge in [0, 0.05) is 25.9 Å². The maximum atomic E-state index is 11.5. The summed E-state index contributed by atoms with van der Waals surface area (Å²) in [5, 5.41) is 41.4. The molecule has 20 heavy (non-hydrogen) atoms. The van der Waals surface area contributed by atoms with Gasteiger partial charge in [0.15, 0.2) is 0 Å². The predicted molar refractivity (Wildman–Crippen MR) is 70.6 cm³/mol. The molecule has 8 nitrogen and oxygen atoms in total. The number of rotatable bonds is 9. The Hall–Kier alpha value is -1.22. The van der Waals surface area contributed by atoms with Crippen LogP contribution in [-0.2, 0) is 9.59 Å². The largest absolute Gasteiger partial charge is 0.394 e. The van der Waals surface area contributed by atoms with Crippen LogP contribution in [-0.4, -0.2) is 70.8 Å². The Balaban J connectivity index is 3.96.